The first-order valence-electron chi connectivity index (χ1n) is 2.40. The standard InChI is InChI=1S/C6H7NO/c1-2-6-5-7-3-4-8-6/h2-6H,1H2. The first-order chi connectivity index (χ1) is 3.93. The van der Waals surface area contributed by atoms with Gasteiger partial charge in [-0.25, -0.2) is 0 Å². The Balaban J connectivity index is 2.51. The molecule has 0 amide bonds. The fourth-order valence-corrected chi connectivity index (χ4v) is 0.447. The summed E-state index contributed by atoms with van der Waals surface area (Å²) >= 11 is 0. The normalized spacial score (nSPS) is 24.8. The van der Waals surface area contributed by atoms with Crippen molar-refractivity contribution in [3.05, 3.63) is 25.1 Å². The lowest BCUT2D eigenvalue weighted by Gasteiger charge is -2.07. The van der Waals surface area contributed by atoms with Gasteiger partial charge in [-0.1, -0.05) is 6.58 Å². The highest BCUT2D eigenvalue weighted by Crippen LogP contribution is 1.95. The summed E-state index contributed by atoms with van der Waals surface area (Å²) in [6.45, 7) is 3.53. The maximum atomic E-state index is 4.98. The van der Waals surface area contributed by atoms with Crippen LogP contribution in [0.3, 0.4) is 0 Å². The summed E-state index contributed by atoms with van der Waals surface area (Å²) in [6.07, 6.45) is 6.49. The van der Waals surface area contributed by atoms with Gasteiger partial charge < -0.3 is 4.74 Å². The van der Waals surface area contributed by atoms with Gasteiger partial charge in [0.1, 0.15) is 6.26 Å². The van der Waals surface area contributed by atoms with Crippen LogP contribution in [0.25, 0.3) is 0 Å². The summed E-state index contributed by atoms with van der Waals surface area (Å²) in [5.74, 6) is 0. The Labute approximate surface area is 48.2 Å². The van der Waals surface area contributed by atoms with Gasteiger partial charge in [-0.05, 0) is 6.08 Å². The van der Waals surface area contributed by atoms with E-state index in [9.17, 15) is 0 Å². The van der Waals surface area contributed by atoms with Gasteiger partial charge in [0.15, 0.2) is 6.10 Å². The van der Waals surface area contributed by atoms with E-state index in [1.807, 2.05) is 0 Å². The van der Waals surface area contributed by atoms with Crippen molar-refractivity contribution in [3.8, 4) is 0 Å². The minimum atomic E-state index is -0.0278. The van der Waals surface area contributed by atoms with Crippen LogP contribution in [-0.2, 0) is 4.74 Å². The molecule has 8 heavy (non-hydrogen) atoms. The molecule has 1 heterocycles. The van der Waals surface area contributed by atoms with Gasteiger partial charge in [0, 0.05) is 6.21 Å². The molecule has 0 bridgehead atoms. The van der Waals surface area contributed by atoms with E-state index in [1.54, 1.807) is 24.8 Å². The quantitative estimate of drug-likeness (QED) is 0.462. The van der Waals surface area contributed by atoms with E-state index in [2.05, 4.69) is 11.6 Å². The molecule has 0 aromatic carbocycles. The van der Waals surface area contributed by atoms with E-state index in [-0.39, 0.29) is 6.10 Å². The molecule has 1 rings (SSSR count). The van der Waals surface area contributed by atoms with Gasteiger partial charge in [0.2, 0.25) is 0 Å². The number of hydrogen-bond donors (Lipinski definition) is 0. The molecule has 2 heteroatoms. The third kappa shape index (κ3) is 0.964. The van der Waals surface area contributed by atoms with E-state index in [0.29, 0.717) is 0 Å². The second-order valence-corrected chi connectivity index (χ2v) is 1.42. The zero-order valence-corrected chi connectivity index (χ0v) is 4.45. The van der Waals surface area contributed by atoms with E-state index in [4.69, 9.17) is 4.74 Å². The van der Waals surface area contributed by atoms with E-state index in [0.717, 1.165) is 0 Å². The van der Waals surface area contributed by atoms with E-state index >= 15 is 0 Å². The van der Waals surface area contributed by atoms with Crippen LogP contribution < -0.4 is 0 Å². The van der Waals surface area contributed by atoms with Gasteiger partial charge in [-0.2, -0.15) is 0 Å². The Kier molecular flexibility index (Phi) is 1.47. The lowest BCUT2D eigenvalue weighted by atomic mass is 10.4. The average molecular weight is 109 g/mol. The highest BCUT2D eigenvalue weighted by atomic mass is 16.5. The van der Waals surface area contributed by atoms with Gasteiger partial charge in [0.05, 0.1) is 6.20 Å². The Morgan fingerprint density at radius 1 is 1.75 bits per heavy atom. The molecule has 0 N–H and O–H groups in total. The van der Waals surface area contributed by atoms with Crippen molar-refractivity contribution in [2.75, 3.05) is 0 Å². The number of rotatable bonds is 1. The smallest absolute Gasteiger partial charge is 0.151 e. The number of aliphatic imine (C=N–C) groups is 1. The van der Waals surface area contributed by atoms with Crippen molar-refractivity contribution in [2.45, 2.75) is 6.10 Å². The monoisotopic (exact) mass is 109 g/mol. The topological polar surface area (TPSA) is 21.6 Å². The van der Waals surface area contributed by atoms with Crippen LogP contribution in [0, 0.1) is 0 Å². The molecular formula is C6H7NO. The van der Waals surface area contributed by atoms with Crippen molar-refractivity contribution >= 4 is 6.21 Å². The molecule has 1 unspecified atom stereocenters. The van der Waals surface area contributed by atoms with Crippen LogP contribution in [0.2, 0.25) is 0 Å². The van der Waals surface area contributed by atoms with Crippen molar-refractivity contribution in [2.24, 2.45) is 4.99 Å². The predicted molar refractivity (Wildman–Crippen MR) is 32.7 cm³/mol. The first-order valence-corrected chi connectivity index (χ1v) is 2.40. The van der Waals surface area contributed by atoms with Crippen LogP contribution in [0.5, 0.6) is 0 Å². The van der Waals surface area contributed by atoms with E-state index in [1.165, 1.54) is 0 Å². The molecule has 0 saturated carbocycles. The summed E-state index contributed by atoms with van der Waals surface area (Å²) in [6, 6.07) is 0. The molecular weight excluding hydrogens is 102 g/mol. The molecule has 0 aromatic rings. The van der Waals surface area contributed by atoms with Gasteiger partial charge in [0.25, 0.3) is 0 Å². The second kappa shape index (κ2) is 2.31. The van der Waals surface area contributed by atoms with E-state index < -0.39 is 0 Å². The molecule has 1 aliphatic rings. The van der Waals surface area contributed by atoms with Crippen molar-refractivity contribution in [1.82, 2.24) is 0 Å². The SMILES string of the molecule is C=CC1C=NC=CO1. The average Bonchev–Trinajstić information content (AvgIpc) is 1.90. The Morgan fingerprint density at radius 3 is 3.00 bits per heavy atom. The first kappa shape index (κ1) is 5.09. The zero-order chi connectivity index (χ0) is 5.82. The third-order valence-electron chi connectivity index (χ3n) is 0.848. The highest BCUT2D eigenvalue weighted by Gasteiger charge is 1.97. The van der Waals surface area contributed by atoms with Crippen LogP contribution >= 0.6 is 0 Å². The molecule has 0 spiro atoms. The van der Waals surface area contributed by atoms with Crippen molar-refractivity contribution in [1.29, 1.82) is 0 Å². The van der Waals surface area contributed by atoms with Crippen molar-refractivity contribution in [3.63, 3.8) is 0 Å². The second-order valence-electron chi connectivity index (χ2n) is 1.42. The summed E-state index contributed by atoms with van der Waals surface area (Å²) in [5, 5.41) is 0. The van der Waals surface area contributed by atoms with Gasteiger partial charge in [-0.15, -0.1) is 0 Å². The van der Waals surface area contributed by atoms with Gasteiger partial charge in [-0.3, -0.25) is 4.99 Å². The summed E-state index contributed by atoms with van der Waals surface area (Å²) in [7, 11) is 0. The fourth-order valence-electron chi connectivity index (χ4n) is 0.447. The molecule has 42 valence electrons. The van der Waals surface area contributed by atoms with Crippen LogP contribution in [0.1, 0.15) is 0 Å². The van der Waals surface area contributed by atoms with Crippen molar-refractivity contribution < 1.29 is 4.74 Å². The summed E-state index contributed by atoms with van der Waals surface area (Å²) in [4.78, 5) is 3.83. The molecule has 0 radical (unpaired) electrons. The van der Waals surface area contributed by atoms with Gasteiger partial charge >= 0.3 is 0 Å². The number of hydrogen-bond acceptors (Lipinski definition) is 2. The lowest BCUT2D eigenvalue weighted by Crippen LogP contribution is -2.08. The largest absolute Gasteiger partial charge is 0.487 e. The fraction of sp³-hybridized carbons (Fsp3) is 0.167. The predicted octanol–water partition coefficient (Wildman–Crippen LogP) is 1.11. The third-order valence-corrected chi connectivity index (χ3v) is 0.848. The molecule has 1 atom stereocenters. The van der Waals surface area contributed by atoms with Crippen LogP contribution in [-0.4, -0.2) is 12.3 Å². The molecule has 0 aromatic heterocycles. The van der Waals surface area contributed by atoms with Crippen LogP contribution in [0.15, 0.2) is 30.1 Å². The number of nitrogens with zero attached hydrogens (tertiary/aromatic N) is 1. The maximum Gasteiger partial charge on any atom is 0.151 e. The highest BCUT2D eigenvalue weighted by molar-refractivity contribution is 5.67. The molecule has 0 fully saturated rings. The molecule has 1 aliphatic heterocycles. The Bertz CT molecular complexity index is 137. The number of ether oxygens (including phenoxy) is 1. The minimum Gasteiger partial charge on any atom is -0.487 e. The lowest BCUT2D eigenvalue weighted by molar-refractivity contribution is 0.242. The summed E-state index contributed by atoms with van der Waals surface area (Å²) < 4.78 is 4.98. The minimum absolute atomic E-state index is 0.0278. The zero-order valence-electron chi connectivity index (χ0n) is 4.45. The summed E-state index contributed by atoms with van der Waals surface area (Å²) in [5.41, 5.74) is 0. The Hall–Kier alpha value is -1.05. The maximum absolute atomic E-state index is 4.98. The van der Waals surface area contributed by atoms with Crippen LogP contribution in [0.4, 0.5) is 0 Å². The molecule has 0 saturated heterocycles. The Morgan fingerprint density at radius 2 is 2.62 bits per heavy atom. The molecule has 2 nitrogen and oxygen atoms in total. The molecule has 0 aliphatic carbocycles.